The van der Waals surface area contributed by atoms with E-state index < -0.39 is 35.0 Å². The zero-order valence-electron chi connectivity index (χ0n) is 21.9. The van der Waals surface area contributed by atoms with Crippen molar-refractivity contribution in [3.05, 3.63) is 11.6 Å². The number of hydrogen-bond donors (Lipinski definition) is 2. The highest BCUT2D eigenvalue weighted by atomic mass is 16.4. The Morgan fingerprint density at radius 2 is 1.76 bits per heavy atom. The third-order valence-corrected chi connectivity index (χ3v) is 6.51. The van der Waals surface area contributed by atoms with Crippen molar-refractivity contribution in [1.82, 2.24) is 15.1 Å². The Morgan fingerprint density at radius 1 is 1.18 bits per heavy atom. The molecule has 2 amide bonds. The van der Waals surface area contributed by atoms with E-state index in [0.717, 1.165) is 19.4 Å². The van der Waals surface area contributed by atoms with Crippen LogP contribution in [0.4, 0.5) is 0 Å². The number of nitrogens with one attached hydrogen (secondary N) is 1. The average Bonchev–Trinajstić information content (AvgIpc) is 2.73. The van der Waals surface area contributed by atoms with Crippen LogP contribution in [0.5, 0.6) is 0 Å². The summed E-state index contributed by atoms with van der Waals surface area (Å²) in [5.74, 6) is 1.32. The first-order valence-corrected chi connectivity index (χ1v) is 11.8. The molecule has 0 bridgehead atoms. The minimum absolute atomic E-state index is 0.00478. The summed E-state index contributed by atoms with van der Waals surface area (Å²) < 4.78 is 0. The number of nitrogens with zero attached hydrogens (tertiary/aromatic N) is 2. The number of carbonyl (C=O) groups excluding carboxylic acids is 2. The first-order chi connectivity index (χ1) is 15.0. The number of likely N-dealkylation sites (tertiary alicyclic amines) is 1. The second-order valence-corrected chi connectivity index (χ2v) is 11.1. The maximum absolute atomic E-state index is 13.6. The number of carboxylic acids is 1. The quantitative estimate of drug-likeness (QED) is 0.428. The fourth-order valence-electron chi connectivity index (χ4n) is 4.27. The summed E-state index contributed by atoms with van der Waals surface area (Å²) in [4.78, 5) is 42.0. The molecule has 0 aromatic rings. The number of terminal acetylenes is 1. The molecule has 1 unspecified atom stereocenters. The van der Waals surface area contributed by atoms with Crippen LogP contribution < -0.4 is 5.32 Å². The van der Waals surface area contributed by atoms with Crippen LogP contribution in [0.1, 0.15) is 74.7 Å². The highest BCUT2D eigenvalue weighted by Crippen LogP contribution is 2.28. The monoisotopic (exact) mass is 461 g/mol. The number of piperidine rings is 1. The van der Waals surface area contributed by atoms with E-state index in [0.29, 0.717) is 6.42 Å². The molecule has 1 aliphatic heterocycles. The van der Waals surface area contributed by atoms with Gasteiger partial charge in [0.05, 0.1) is 17.6 Å². The molecular weight excluding hydrogens is 418 g/mol. The van der Waals surface area contributed by atoms with Crippen LogP contribution in [0.3, 0.4) is 0 Å². The average molecular weight is 462 g/mol. The molecule has 1 fully saturated rings. The minimum atomic E-state index is -1.02. The van der Waals surface area contributed by atoms with E-state index in [1.807, 2.05) is 48.5 Å². The molecule has 0 spiro atoms. The molecule has 0 aromatic heterocycles. The number of rotatable bonds is 8. The Hall–Kier alpha value is -2.33. The van der Waals surface area contributed by atoms with Gasteiger partial charge in [0.25, 0.3) is 0 Å². The summed E-state index contributed by atoms with van der Waals surface area (Å²) in [6.07, 6.45) is 9.94. The summed E-state index contributed by atoms with van der Waals surface area (Å²) >= 11 is 0. The van der Waals surface area contributed by atoms with E-state index in [1.54, 1.807) is 18.0 Å². The van der Waals surface area contributed by atoms with Crippen molar-refractivity contribution in [1.29, 1.82) is 0 Å². The van der Waals surface area contributed by atoms with Crippen LogP contribution >= 0.6 is 0 Å². The molecule has 33 heavy (non-hydrogen) atoms. The molecule has 1 saturated heterocycles. The smallest absolute Gasteiger partial charge is 0.331 e. The molecule has 3 atom stereocenters. The lowest BCUT2D eigenvalue weighted by Crippen LogP contribution is -2.62. The Morgan fingerprint density at radius 3 is 2.21 bits per heavy atom. The van der Waals surface area contributed by atoms with Crippen molar-refractivity contribution in [3.63, 3.8) is 0 Å². The van der Waals surface area contributed by atoms with E-state index in [9.17, 15) is 19.5 Å². The van der Waals surface area contributed by atoms with Crippen molar-refractivity contribution in [2.24, 2.45) is 11.3 Å². The van der Waals surface area contributed by atoms with Crippen LogP contribution in [0, 0.1) is 23.7 Å². The molecule has 7 heteroatoms. The van der Waals surface area contributed by atoms with Crippen LogP contribution in [0.25, 0.3) is 0 Å². The van der Waals surface area contributed by atoms with Gasteiger partial charge in [0.1, 0.15) is 6.04 Å². The Kier molecular flexibility index (Phi) is 9.74. The van der Waals surface area contributed by atoms with Gasteiger partial charge in [0.15, 0.2) is 0 Å². The third kappa shape index (κ3) is 7.33. The largest absolute Gasteiger partial charge is 0.478 e. The van der Waals surface area contributed by atoms with Crippen molar-refractivity contribution >= 4 is 17.8 Å². The van der Waals surface area contributed by atoms with Crippen LogP contribution in [0.2, 0.25) is 0 Å². The molecule has 7 nitrogen and oxygen atoms in total. The highest BCUT2D eigenvalue weighted by molar-refractivity contribution is 5.91. The van der Waals surface area contributed by atoms with Crippen LogP contribution in [-0.2, 0) is 14.4 Å². The maximum Gasteiger partial charge on any atom is 0.331 e. The normalized spacial score (nSPS) is 20.0. The molecule has 0 aliphatic carbocycles. The summed E-state index contributed by atoms with van der Waals surface area (Å²) in [5, 5.41) is 12.3. The van der Waals surface area contributed by atoms with E-state index >= 15 is 0 Å². The van der Waals surface area contributed by atoms with Gasteiger partial charge in [-0.3, -0.25) is 14.5 Å². The lowest BCUT2D eigenvalue weighted by atomic mass is 9.84. The van der Waals surface area contributed by atoms with Gasteiger partial charge in [0, 0.05) is 19.2 Å². The molecular formula is C26H43N3O4. The molecule has 1 aliphatic rings. The number of amides is 2. The van der Waals surface area contributed by atoms with Crippen LogP contribution in [0.15, 0.2) is 11.6 Å². The lowest BCUT2D eigenvalue weighted by Gasteiger charge is -2.44. The Balaban J connectivity index is 3.23. The van der Waals surface area contributed by atoms with Gasteiger partial charge in [-0.25, -0.2) is 4.79 Å². The molecule has 1 heterocycles. The van der Waals surface area contributed by atoms with Crippen molar-refractivity contribution in [2.45, 2.75) is 98.3 Å². The second-order valence-electron chi connectivity index (χ2n) is 11.1. The SMILES string of the molecule is C#CC(C)(C)N1CCCCC1C(=O)N[C@H](C(=O)N(C)[C@H](/C=C(\C)C(=O)O)C(C)C)C(C)(C)C. The summed E-state index contributed by atoms with van der Waals surface area (Å²) in [7, 11) is 1.66. The van der Waals surface area contributed by atoms with E-state index in [4.69, 9.17) is 6.42 Å². The lowest BCUT2D eigenvalue weighted by molar-refractivity contribution is -0.142. The van der Waals surface area contributed by atoms with Gasteiger partial charge in [-0.05, 0) is 44.9 Å². The summed E-state index contributed by atoms with van der Waals surface area (Å²) in [6, 6.07) is -1.59. The fourth-order valence-corrected chi connectivity index (χ4v) is 4.27. The van der Waals surface area contributed by atoms with E-state index in [2.05, 4.69) is 16.1 Å². The zero-order chi connectivity index (χ0) is 25.7. The number of hydrogen-bond acceptors (Lipinski definition) is 4. The van der Waals surface area contributed by atoms with Crippen LogP contribution in [-0.4, -0.2) is 69.9 Å². The molecule has 1 rings (SSSR count). The molecule has 2 N–H and O–H groups in total. The topological polar surface area (TPSA) is 90.0 Å². The van der Waals surface area contributed by atoms with Crippen molar-refractivity contribution in [2.75, 3.05) is 13.6 Å². The predicted octanol–water partition coefficient (Wildman–Crippen LogP) is 3.30. The number of carboxylic acid groups (broad SMARTS) is 1. The number of aliphatic carboxylic acids is 1. The number of carbonyl (C=O) groups is 3. The summed E-state index contributed by atoms with van der Waals surface area (Å²) in [6.45, 7) is 15.7. The van der Waals surface area contributed by atoms with Gasteiger partial charge >= 0.3 is 5.97 Å². The standard InChI is InChI=1S/C26H43N3O4/c1-11-26(8,9)29-15-13-12-14-19(29)22(30)27-21(25(5,6)7)23(31)28(10)20(17(2)3)16-18(4)24(32)33/h1,16-17,19-21H,12-15H2,2-10H3,(H,27,30)(H,32,33)/b18-16+/t19?,20-,21-/m1/s1. The maximum atomic E-state index is 13.6. The third-order valence-electron chi connectivity index (χ3n) is 6.51. The fraction of sp³-hybridized carbons (Fsp3) is 0.731. The van der Waals surface area contributed by atoms with Crippen molar-refractivity contribution in [3.8, 4) is 12.3 Å². The number of likely N-dealkylation sites (N-methyl/N-ethyl adjacent to an activating group) is 1. The van der Waals surface area contributed by atoms with E-state index in [-0.39, 0.29) is 23.3 Å². The zero-order valence-corrected chi connectivity index (χ0v) is 21.9. The highest BCUT2D eigenvalue weighted by Gasteiger charge is 2.41. The van der Waals surface area contributed by atoms with Gasteiger partial charge in [-0.15, -0.1) is 6.42 Å². The van der Waals surface area contributed by atoms with Crippen molar-refractivity contribution < 1.29 is 19.5 Å². The first kappa shape index (κ1) is 28.7. The summed E-state index contributed by atoms with van der Waals surface area (Å²) in [5.41, 5.74) is -0.934. The molecule has 0 saturated carbocycles. The molecule has 0 aromatic carbocycles. The predicted molar refractivity (Wildman–Crippen MR) is 131 cm³/mol. The minimum Gasteiger partial charge on any atom is -0.478 e. The molecule has 0 radical (unpaired) electrons. The van der Waals surface area contributed by atoms with Gasteiger partial charge in [-0.1, -0.05) is 53.0 Å². The second kappa shape index (κ2) is 11.2. The molecule has 186 valence electrons. The Bertz CT molecular complexity index is 801. The Labute approximate surface area is 200 Å². The van der Waals surface area contributed by atoms with Gasteiger partial charge in [-0.2, -0.15) is 0 Å². The van der Waals surface area contributed by atoms with Gasteiger partial charge in [0.2, 0.25) is 11.8 Å². The van der Waals surface area contributed by atoms with E-state index in [1.165, 1.54) is 6.92 Å². The first-order valence-electron chi connectivity index (χ1n) is 11.8. The van der Waals surface area contributed by atoms with Gasteiger partial charge < -0.3 is 15.3 Å².